The topological polar surface area (TPSA) is 52.7 Å². The smallest absolute Gasteiger partial charge is 0.337 e. The van der Waals surface area contributed by atoms with E-state index < -0.39 is 11.7 Å². The van der Waals surface area contributed by atoms with Crippen molar-refractivity contribution in [3.05, 3.63) is 65.2 Å². The summed E-state index contributed by atoms with van der Waals surface area (Å²) in [5.41, 5.74) is 1.22. The number of nitrogens with one attached hydrogen (secondary N) is 1. The largest absolute Gasteiger partial charge is 0.416 e. The van der Waals surface area contributed by atoms with E-state index >= 15 is 0 Å². The predicted molar refractivity (Wildman–Crippen MR) is 128 cm³/mol. The van der Waals surface area contributed by atoms with Gasteiger partial charge in [-0.05, 0) is 55.3 Å². The second-order valence-electron chi connectivity index (χ2n) is 8.64. The average Bonchev–Trinajstić information content (AvgIpc) is 2.84. The Labute approximate surface area is 201 Å². The molecule has 34 heavy (non-hydrogen) atoms. The molecule has 2 amide bonds. The van der Waals surface area contributed by atoms with Gasteiger partial charge in [0.1, 0.15) is 0 Å². The Morgan fingerprint density at radius 2 is 1.74 bits per heavy atom. The van der Waals surface area contributed by atoms with Crippen LogP contribution in [0.25, 0.3) is 0 Å². The number of thioether (sulfide) groups is 1. The van der Waals surface area contributed by atoms with E-state index in [9.17, 15) is 22.8 Å². The number of rotatable bonds is 5. The molecule has 2 heterocycles. The lowest BCUT2D eigenvalue weighted by Gasteiger charge is -2.35. The summed E-state index contributed by atoms with van der Waals surface area (Å²) in [4.78, 5) is 29.4. The van der Waals surface area contributed by atoms with Gasteiger partial charge in [0.25, 0.3) is 5.91 Å². The molecule has 1 unspecified atom stereocenters. The second-order valence-corrected chi connectivity index (χ2v) is 9.86. The summed E-state index contributed by atoms with van der Waals surface area (Å²) < 4.78 is 38.7. The van der Waals surface area contributed by atoms with Gasteiger partial charge in [-0.2, -0.15) is 24.9 Å². The second kappa shape index (κ2) is 10.8. The number of piperidine rings is 1. The molecule has 4 rings (SSSR count). The zero-order chi connectivity index (χ0) is 24.1. The highest BCUT2D eigenvalue weighted by Crippen LogP contribution is 2.34. The Kier molecular flexibility index (Phi) is 7.83. The van der Waals surface area contributed by atoms with Gasteiger partial charge in [-0.3, -0.25) is 14.5 Å². The van der Waals surface area contributed by atoms with Crippen molar-refractivity contribution in [2.45, 2.75) is 31.5 Å². The first-order valence-corrected chi connectivity index (χ1v) is 12.6. The maximum atomic E-state index is 12.9. The molecule has 2 aliphatic heterocycles. The molecule has 5 nitrogen and oxygen atoms in total. The van der Waals surface area contributed by atoms with Crippen LogP contribution in [0, 0.1) is 0 Å². The molecule has 2 saturated heterocycles. The van der Waals surface area contributed by atoms with E-state index in [0.29, 0.717) is 17.8 Å². The van der Waals surface area contributed by atoms with Gasteiger partial charge in [0, 0.05) is 41.9 Å². The Morgan fingerprint density at radius 1 is 1.00 bits per heavy atom. The quantitative estimate of drug-likeness (QED) is 0.635. The number of nitrogens with zero attached hydrogens (tertiary/aromatic N) is 2. The van der Waals surface area contributed by atoms with E-state index in [1.54, 1.807) is 24.3 Å². The number of carbonyl (C=O) groups excluding carboxylic acids is 2. The van der Waals surface area contributed by atoms with Crippen molar-refractivity contribution in [3.63, 3.8) is 0 Å². The minimum atomic E-state index is -4.37. The summed E-state index contributed by atoms with van der Waals surface area (Å²) in [5.74, 6) is 1.61. The van der Waals surface area contributed by atoms with Gasteiger partial charge in [-0.15, -0.1) is 0 Å². The van der Waals surface area contributed by atoms with E-state index in [0.717, 1.165) is 61.6 Å². The van der Waals surface area contributed by atoms with Crippen LogP contribution in [0.3, 0.4) is 0 Å². The minimum Gasteiger partial charge on any atom is -0.337 e. The molecule has 9 heteroatoms. The lowest BCUT2D eigenvalue weighted by molar-refractivity contribution is -0.137. The first-order chi connectivity index (χ1) is 16.3. The number of hydrogen-bond acceptors (Lipinski definition) is 4. The zero-order valence-corrected chi connectivity index (χ0v) is 19.6. The first-order valence-electron chi connectivity index (χ1n) is 11.5. The number of likely N-dealkylation sites (tertiary alicyclic amines) is 1. The van der Waals surface area contributed by atoms with Crippen molar-refractivity contribution in [1.82, 2.24) is 9.80 Å². The Hall–Kier alpha value is -2.52. The molecule has 2 fully saturated rings. The summed E-state index contributed by atoms with van der Waals surface area (Å²) in [6.45, 7) is 2.28. The molecule has 0 radical (unpaired) electrons. The Balaban J connectivity index is 1.40. The Morgan fingerprint density at radius 3 is 2.44 bits per heavy atom. The molecular weight excluding hydrogens is 463 g/mol. The average molecular weight is 492 g/mol. The monoisotopic (exact) mass is 491 g/mol. The van der Waals surface area contributed by atoms with Gasteiger partial charge < -0.3 is 10.2 Å². The van der Waals surface area contributed by atoms with E-state index in [1.165, 1.54) is 12.1 Å². The van der Waals surface area contributed by atoms with Gasteiger partial charge in [0.15, 0.2) is 0 Å². The summed E-state index contributed by atoms with van der Waals surface area (Å²) in [5, 5.41) is 2.88. The maximum Gasteiger partial charge on any atom is 0.416 e. The third kappa shape index (κ3) is 6.13. The standard InChI is InChI=1S/C25H28F3N3O2S/c26-25(27,28)20-9-7-18(8-10-20)22-6-1-2-11-31(22)17-23(32)29-21-5-3-4-19(16-21)24(33)30-12-14-34-15-13-30/h3-5,7-10,16,22H,1-2,6,11-15,17H2,(H,29,32). The van der Waals surface area contributed by atoms with Crippen molar-refractivity contribution in [1.29, 1.82) is 0 Å². The fraction of sp³-hybridized carbons (Fsp3) is 0.440. The molecule has 0 spiro atoms. The SMILES string of the molecule is O=C(CN1CCCCC1c1ccc(C(F)(F)F)cc1)Nc1cccc(C(=O)N2CCSCC2)c1. The molecule has 2 aliphatic rings. The third-order valence-electron chi connectivity index (χ3n) is 6.27. The molecular formula is C25H28F3N3O2S. The third-order valence-corrected chi connectivity index (χ3v) is 7.22. The van der Waals surface area contributed by atoms with Crippen LogP contribution in [0.5, 0.6) is 0 Å². The van der Waals surface area contributed by atoms with Crippen LogP contribution in [0.2, 0.25) is 0 Å². The highest BCUT2D eigenvalue weighted by molar-refractivity contribution is 7.99. The lowest BCUT2D eigenvalue weighted by atomic mass is 9.94. The van der Waals surface area contributed by atoms with E-state index in [4.69, 9.17) is 0 Å². The lowest BCUT2D eigenvalue weighted by Crippen LogP contribution is -2.39. The van der Waals surface area contributed by atoms with Crippen molar-refractivity contribution in [3.8, 4) is 0 Å². The van der Waals surface area contributed by atoms with Crippen LogP contribution in [-0.2, 0) is 11.0 Å². The van der Waals surface area contributed by atoms with Crippen LogP contribution >= 0.6 is 11.8 Å². The van der Waals surface area contributed by atoms with E-state index in [-0.39, 0.29) is 24.4 Å². The fourth-order valence-electron chi connectivity index (χ4n) is 4.52. The highest BCUT2D eigenvalue weighted by atomic mass is 32.2. The maximum absolute atomic E-state index is 12.9. The number of benzene rings is 2. The number of amides is 2. The summed E-state index contributed by atoms with van der Waals surface area (Å²) >= 11 is 1.83. The number of carbonyl (C=O) groups is 2. The molecule has 2 aromatic carbocycles. The fourth-order valence-corrected chi connectivity index (χ4v) is 5.42. The van der Waals surface area contributed by atoms with Gasteiger partial charge in [0.05, 0.1) is 12.1 Å². The molecule has 2 aromatic rings. The number of halogens is 3. The molecule has 182 valence electrons. The molecule has 0 aromatic heterocycles. The predicted octanol–water partition coefficient (Wildman–Crippen LogP) is 5.06. The van der Waals surface area contributed by atoms with Gasteiger partial charge in [0.2, 0.25) is 5.91 Å². The molecule has 0 aliphatic carbocycles. The first kappa shape index (κ1) is 24.6. The van der Waals surface area contributed by atoms with Crippen molar-refractivity contribution in [2.24, 2.45) is 0 Å². The van der Waals surface area contributed by atoms with E-state index in [1.807, 2.05) is 21.6 Å². The van der Waals surface area contributed by atoms with Gasteiger partial charge >= 0.3 is 6.18 Å². The number of hydrogen-bond donors (Lipinski definition) is 1. The normalized spacial score (nSPS) is 19.6. The van der Waals surface area contributed by atoms with Crippen LogP contribution < -0.4 is 5.32 Å². The van der Waals surface area contributed by atoms with Crippen LogP contribution in [-0.4, -0.2) is 59.3 Å². The Bertz CT molecular complexity index is 1010. The number of anilines is 1. The van der Waals surface area contributed by atoms with Crippen molar-refractivity contribution < 1.29 is 22.8 Å². The molecule has 1 atom stereocenters. The van der Waals surface area contributed by atoms with Crippen LogP contribution in [0.4, 0.5) is 18.9 Å². The molecule has 1 N–H and O–H groups in total. The van der Waals surface area contributed by atoms with E-state index in [2.05, 4.69) is 5.32 Å². The van der Waals surface area contributed by atoms with Gasteiger partial charge in [-0.25, -0.2) is 0 Å². The summed E-state index contributed by atoms with van der Waals surface area (Å²) in [6.07, 6.45) is -1.68. The van der Waals surface area contributed by atoms with Crippen LogP contribution in [0.1, 0.15) is 46.8 Å². The minimum absolute atomic E-state index is 0.0326. The van der Waals surface area contributed by atoms with Crippen molar-refractivity contribution >= 4 is 29.3 Å². The van der Waals surface area contributed by atoms with Gasteiger partial charge in [-0.1, -0.05) is 24.6 Å². The zero-order valence-electron chi connectivity index (χ0n) is 18.8. The van der Waals surface area contributed by atoms with Crippen LogP contribution in [0.15, 0.2) is 48.5 Å². The summed E-state index contributed by atoms with van der Waals surface area (Å²) in [6, 6.07) is 12.1. The number of alkyl halides is 3. The highest BCUT2D eigenvalue weighted by Gasteiger charge is 2.31. The summed E-state index contributed by atoms with van der Waals surface area (Å²) in [7, 11) is 0. The van der Waals surface area contributed by atoms with Crippen molar-refractivity contribution in [2.75, 3.05) is 43.0 Å². The molecule has 0 saturated carbocycles. The molecule has 0 bridgehead atoms.